The number of piperazine rings is 1. The Labute approximate surface area is 131 Å². The minimum atomic E-state index is -0.524. The molecule has 1 fully saturated rings. The minimum absolute atomic E-state index is 0.240. The van der Waals surface area contributed by atoms with Gasteiger partial charge in [0.05, 0.1) is 12.7 Å². The highest BCUT2D eigenvalue weighted by Gasteiger charge is 2.17. The summed E-state index contributed by atoms with van der Waals surface area (Å²) in [5.41, 5.74) is 0.479. The molecule has 0 aliphatic carbocycles. The number of ether oxygens (including phenoxy) is 2. The van der Waals surface area contributed by atoms with Crippen LogP contribution in [0.1, 0.15) is 10.4 Å². The Balaban J connectivity index is 1.74. The number of esters is 1. The smallest absolute Gasteiger partial charge is 0.337 e. The lowest BCUT2D eigenvalue weighted by Gasteiger charge is -2.33. The summed E-state index contributed by atoms with van der Waals surface area (Å²) in [5.74, 6) is 0.256. The van der Waals surface area contributed by atoms with Crippen molar-refractivity contribution in [3.63, 3.8) is 0 Å². The summed E-state index contributed by atoms with van der Waals surface area (Å²) in [6.07, 6.45) is -0.524. The SMILES string of the molecule is COC(=O)c1ccc(OC[C@H](O)CN2CCN(C)CC2)cc1. The summed E-state index contributed by atoms with van der Waals surface area (Å²) in [6, 6.07) is 6.70. The van der Waals surface area contributed by atoms with Gasteiger partial charge in [0.25, 0.3) is 0 Å². The zero-order valence-electron chi connectivity index (χ0n) is 13.2. The first kappa shape index (κ1) is 16.7. The van der Waals surface area contributed by atoms with Crippen LogP contribution < -0.4 is 4.74 Å². The highest BCUT2D eigenvalue weighted by atomic mass is 16.5. The van der Waals surface area contributed by atoms with Gasteiger partial charge in [-0.3, -0.25) is 4.90 Å². The van der Waals surface area contributed by atoms with E-state index < -0.39 is 6.10 Å². The van der Waals surface area contributed by atoms with Gasteiger partial charge in [-0.2, -0.15) is 0 Å². The molecule has 0 saturated carbocycles. The van der Waals surface area contributed by atoms with Crippen molar-refractivity contribution in [2.75, 3.05) is 53.5 Å². The molecule has 1 aliphatic rings. The number of nitrogens with zero attached hydrogens (tertiary/aromatic N) is 2. The number of benzene rings is 1. The highest BCUT2D eigenvalue weighted by Crippen LogP contribution is 2.13. The fourth-order valence-electron chi connectivity index (χ4n) is 2.38. The zero-order valence-corrected chi connectivity index (χ0v) is 13.2. The Bertz CT molecular complexity index is 470. The molecule has 0 amide bonds. The molecule has 122 valence electrons. The molecule has 6 heteroatoms. The first-order valence-electron chi connectivity index (χ1n) is 7.48. The number of hydrogen-bond acceptors (Lipinski definition) is 6. The molecule has 1 saturated heterocycles. The number of β-amino-alcohol motifs (C(OH)–C–C–N with tert-alkyl or cyclic N) is 1. The molecule has 0 radical (unpaired) electrons. The van der Waals surface area contributed by atoms with E-state index >= 15 is 0 Å². The van der Waals surface area contributed by atoms with E-state index in [9.17, 15) is 9.90 Å². The summed E-state index contributed by atoms with van der Waals surface area (Å²) in [6.45, 7) is 4.87. The molecule has 1 aromatic rings. The maximum Gasteiger partial charge on any atom is 0.337 e. The Morgan fingerprint density at radius 2 is 1.86 bits per heavy atom. The molecule has 0 spiro atoms. The standard InChI is InChI=1S/C16H24N2O4/c1-17-7-9-18(10-8-17)11-14(19)12-22-15-5-3-13(4-6-15)16(20)21-2/h3-6,14,19H,7-12H2,1-2H3/t14-/m1/s1. The monoisotopic (exact) mass is 308 g/mol. The second-order valence-corrected chi connectivity index (χ2v) is 5.58. The highest BCUT2D eigenvalue weighted by molar-refractivity contribution is 5.89. The molecule has 1 heterocycles. The van der Waals surface area contributed by atoms with Crippen LogP contribution in [0, 0.1) is 0 Å². The second kappa shape index (κ2) is 8.12. The van der Waals surface area contributed by atoms with Crippen molar-refractivity contribution in [3.8, 4) is 5.75 Å². The summed E-state index contributed by atoms with van der Waals surface area (Å²) in [7, 11) is 3.45. The van der Waals surface area contributed by atoms with E-state index in [1.807, 2.05) is 0 Å². The van der Waals surface area contributed by atoms with Crippen molar-refractivity contribution in [2.24, 2.45) is 0 Å². The number of carbonyl (C=O) groups excluding carboxylic acids is 1. The molecule has 0 bridgehead atoms. The Kier molecular flexibility index (Phi) is 6.18. The molecular weight excluding hydrogens is 284 g/mol. The Morgan fingerprint density at radius 1 is 1.23 bits per heavy atom. The van der Waals surface area contributed by atoms with Gasteiger partial charge in [0.2, 0.25) is 0 Å². The predicted octanol–water partition coefficient (Wildman–Crippen LogP) is 0.460. The molecule has 6 nitrogen and oxygen atoms in total. The van der Waals surface area contributed by atoms with Crippen LogP contribution in [0.4, 0.5) is 0 Å². The van der Waals surface area contributed by atoms with E-state index in [0.29, 0.717) is 17.9 Å². The fraction of sp³-hybridized carbons (Fsp3) is 0.562. The van der Waals surface area contributed by atoms with E-state index in [0.717, 1.165) is 26.2 Å². The van der Waals surface area contributed by atoms with Crippen LogP contribution in [0.2, 0.25) is 0 Å². The van der Waals surface area contributed by atoms with Crippen LogP contribution in [0.25, 0.3) is 0 Å². The molecule has 1 N–H and O–H groups in total. The van der Waals surface area contributed by atoms with E-state index in [1.54, 1.807) is 24.3 Å². The van der Waals surface area contributed by atoms with Gasteiger partial charge in [-0.25, -0.2) is 4.79 Å². The van der Waals surface area contributed by atoms with Gasteiger partial charge in [-0.15, -0.1) is 0 Å². The fourth-order valence-corrected chi connectivity index (χ4v) is 2.38. The molecular formula is C16H24N2O4. The third kappa shape index (κ3) is 4.98. The van der Waals surface area contributed by atoms with Crippen molar-refractivity contribution in [1.29, 1.82) is 0 Å². The maximum absolute atomic E-state index is 11.3. The largest absolute Gasteiger partial charge is 0.491 e. The number of aliphatic hydroxyl groups excluding tert-OH is 1. The summed E-state index contributed by atoms with van der Waals surface area (Å²) >= 11 is 0. The molecule has 0 aromatic heterocycles. The van der Waals surface area contributed by atoms with Gasteiger partial charge in [0, 0.05) is 32.7 Å². The van der Waals surface area contributed by atoms with E-state index in [2.05, 4.69) is 21.6 Å². The Hall–Kier alpha value is -1.63. The van der Waals surface area contributed by atoms with Crippen LogP contribution in [-0.2, 0) is 4.74 Å². The van der Waals surface area contributed by atoms with Gasteiger partial charge < -0.3 is 19.5 Å². The van der Waals surface area contributed by atoms with Crippen molar-refractivity contribution in [1.82, 2.24) is 9.80 Å². The van der Waals surface area contributed by atoms with Crippen molar-refractivity contribution in [3.05, 3.63) is 29.8 Å². The summed E-state index contributed by atoms with van der Waals surface area (Å²) < 4.78 is 10.2. The van der Waals surface area contributed by atoms with E-state index in [-0.39, 0.29) is 12.6 Å². The van der Waals surface area contributed by atoms with Crippen LogP contribution >= 0.6 is 0 Å². The van der Waals surface area contributed by atoms with Gasteiger partial charge in [0.15, 0.2) is 0 Å². The van der Waals surface area contributed by atoms with Gasteiger partial charge >= 0.3 is 5.97 Å². The van der Waals surface area contributed by atoms with Gasteiger partial charge in [-0.05, 0) is 31.3 Å². The summed E-state index contributed by atoms with van der Waals surface area (Å²) in [4.78, 5) is 15.8. The number of carbonyl (C=O) groups is 1. The second-order valence-electron chi connectivity index (χ2n) is 5.58. The average Bonchev–Trinajstić information content (AvgIpc) is 2.55. The number of rotatable bonds is 6. The molecule has 0 unspecified atom stereocenters. The quantitative estimate of drug-likeness (QED) is 0.771. The van der Waals surface area contributed by atoms with Gasteiger partial charge in [0.1, 0.15) is 18.5 Å². The number of aliphatic hydroxyl groups is 1. The maximum atomic E-state index is 11.3. The molecule has 1 aromatic carbocycles. The number of methoxy groups -OCH3 is 1. The third-order valence-electron chi connectivity index (χ3n) is 3.78. The van der Waals surface area contributed by atoms with Crippen molar-refractivity contribution >= 4 is 5.97 Å². The predicted molar refractivity (Wildman–Crippen MR) is 83.2 cm³/mol. The molecule has 22 heavy (non-hydrogen) atoms. The van der Waals surface area contributed by atoms with E-state index in [1.165, 1.54) is 7.11 Å². The van der Waals surface area contributed by atoms with Crippen molar-refractivity contribution < 1.29 is 19.4 Å². The summed E-state index contributed by atoms with van der Waals surface area (Å²) in [5, 5.41) is 10.1. The van der Waals surface area contributed by atoms with Crippen LogP contribution in [0.3, 0.4) is 0 Å². The first-order valence-corrected chi connectivity index (χ1v) is 7.48. The third-order valence-corrected chi connectivity index (χ3v) is 3.78. The average molecular weight is 308 g/mol. The normalized spacial score (nSPS) is 18.0. The molecule has 2 rings (SSSR count). The van der Waals surface area contributed by atoms with Gasteiger partial charge in [-0.1, -0.05) is 0 Å². The Morgan fingerprint density at radius 3 is 2.45 bits per heavy atom. The lowest BCUT2D eigenvalue weighted by molar-refractivity contribution is 0.0504. The number of hydrogen-bond donors (Lipinski definition) is 1. The van der Waals surface area contributed by atoms with Crippen LogP contribution in [0.15, 0.2) is 24.3 Å². The van der Waals surface area contributed by atoms with E-state index in [4.69, 9.17) is 4.74 Å². The molecule has 1 atom stereocenters. The topological polar surface area (TPSA) is 62.2 Å². The molecule has 1 aliphatic heterocycles. The lowest BCUT2D eigenvalue weighted by atomic mass is 10.2. The first-order chi connectivity index (χ1) is 10.6. The zero-order chi connectivity index (χ0) is 15.9. The van der Waals surface area contributed by atoms with Crippen molar-refractivity contribution in [2.45, 2.75) is 6.10 Å². The van der Waals surface area contributed by atoms with Crippen LogP contribution in [-0.4, -0.2) is 80.5 Å². The van der Waals surface area contributed by atoms with Crippen LogP contribution in [0.5, 0.6) is 5.75 Å². The number of likely N-dealkylation sites (N-methyl/N-ethyl adjacent to an activating group) is 1. The lowest BCUT2D eigenvalue weighted by Crippen LogP contribution is -2.47. The minimum Gasteiger partial charge on any atom is -0.491 e.